The maximum Gasteiger partial charge on any atom is 0.460 e. The Morgan fingerprint density at radius 1 is 0.741 bits per heavy atom. The molecule has 1 atom stereocenters. The molecular weight excluding hydrogens is 538 g/mol. The smallest absolute Gasteiger partial charge is 0.460 e. The fourth-order valence-corrected chi connectivity index (χ4v) is 2.31. The highest BCUT2D eigenvalue weighted by Gasteiger charge is 2.90. The van der Waals surface area contributed by atoms with Crippen molar-refractivity contribution >= 4 is 28.6 Å². The van der Waals surface area contributed by atoms with E-state index >= 15 is 0 Å². The van der Waals surface area contributed by atoms with E-state index in [1.807, 2.05) is 0 Å². The molecule has 0 saturated heterocycles. The van der Waals surface area contributed by atoms with Gasteiger partial charge < -0.3 is 4.74 Å². The summed E-state index contributed by atoms with van der Waals surface area (Å²) in [5.74, 6) is -39.1. The van der Waals surface area contributed by atoms with Gasteiger partial charge in [0, 0.05) is 6.42 Å². The molecule has 0 radical (unpaired) electrons. The van der Waals surface area contributed by atoms with Crippen molar-refractivity contribution in [2.24, 2.45) is 0 Å². The second-order valence-corrected chi connectivity index (χ2v) is 7.75. The van der Waals surface area contributed by atoms with Gasteiger partial charge in [0.05, 0.1) is 7.11 Å². The van der Waals surface area contributed by atoms with Gasteiger partial charge in [-0.3, -0.25) is 4.79 Å². The third-order valence-corrected chi connectivity index (χ3v) is 3.99. The van der Waals surface area contributed by atoms with Gasteiger partial charge in [0.2, 0.25) is 0 Å². The van der Waals surface area contributed by atoms with E-state index in [1.165, 1.54) is 0 Å². The zero-order valence-electron chi connectivity index (χ0n) is 12.8. The normalized spacial score (nSPS) is 17.5. The van der Waals surface area contributed by atoms with Crippen LogP contribution in [0.2, 0.25) is 0 Å². The van der Waals surface area contributed by atoms with Gasteiger partial charge in [-0.2, -0.15) is 57.1 Å². The first-order chi connectivity index (χ1) is 11.4. The number of methoxy groups -OCH3 is 1. The number of alkyl halides is 14. The summed E-state index contributed by atoms with van der Waals surface area (Å²) >= 11 is 0.697. The standard InChI is InChI=1S/C11H8F13IO2/c1-5(25,4(26)27-2)3-6(12,13)7(14,15)8(16,17)9(18,19)10(20,21)11(22,23)24/h3H2,1-2H3. The van der Waals surface area contributed by atoms with Crippen molar-refractivity contribution in [2.45, 2.75) is 52.6 Å². The van der Waals surface area contributed by atoms with Crippen molar-refractivity contribution in [1.29, 1.82) is 0 Å². The Balaban J connectivity index is 6.28. The van der Waals surface area contributed by atoms with Crippen LogP contribution in [-0.4, -0.2) is 52.3 Å². The lowest BCUT2D eigenvalue weighted by atomic mass is 9.89. The van der Waals surface area contributed by atoms with E-state index in [-0.39, 0.29) is 0 Å². The molecule has 0 aromatic heterocycles. The predicted octanol–water partition coefficient (Wildman–Crippen LogP) is 5.48. The number of esters is 1. The predicted molar refractivity (Wildman–Crippen MR) is 69.8 cm³/mol. The third kappa shape index (κ3) is 4.04. The Bertz CT molecular complexity index is 567. The monoisotopic (exact) mass is 546 g/mol. The number of carbonyl (C=O) groups excluding carboxylic acids is 1. The van der Waals surface area contributed by atoms with Crippen molar-refractivity contribution in [1.82, 2.24) is 0 Å². The van der Waals surface area contributed by atoms with Crippen LogP contribution < -0.4 is 0 Å². The van der Waals surface area contributed by atoms with Crippen molar-refractivity contribution in [2.75, 3.05) is 7.11 Å². The maximum atomic E-state index is 13.6. The molecule has 0 N–H and O–H groups in total. The van der Waals surface area contributed by atoms with Crippen LogP contribution >= 0.6 is 22.6 Å². The van der Waals surface area contributed by atoms with Gasteiger partial charge in [0.25, 0.3) is 0 Å². The second-order valence-electron chi connectivity index (χ2n) is 5.37. The van der Waals surface area contributed by atoms with Crippen LogP contribution in [0.3, 0.4) is 0 Å². The van der Waals surface area contributed by atoms with Gasteiger partial charge in [-0.05, 0) is 6.92 Å². The minimum Gasteiger partial charge on any atom is -0.468 e. The molecule has 0 aromatic carbocycles. The summed E-state index contributed by atoms with van der Waals surface area (Å²) in [6.45, 7) is 0.421. The minimum atomic E-state index is -7.96. The summed E-state index contributed by atoms with van der Waals surface area (Å²) in [4.78, 5) is 11.2. The Morgan fingerprint density at radius 3 is 1.37 bits per heavy atom. The van der Waals surface area contributed by atoms with Crippen LogP contribution in [-0.2, 0) is 9.53 Å². The van der Waals surface area contributed by atoms with Crippen molar-refractivity contribution < 1.29 is 66.6 Å². The maximum absolute atomic E-state index is 13.6. The van der Waals surface area contributed by atoms with Gasteiger partial charge in [-0.15, -0.1) is 0 Å². The number of halogens is 14. The summed E-state index contributed by atoms with van der Waals surface area (Å²) < 4.78 is 169. The third-order valence-electron chi connectivity index (χ3n) is 3.16. The van der Waals surface area contributed by atoms with E-state index in [2.05, 4.69) is 4.74 Å². The number of rotatable bonds is 7. The van der Waals surface area contributed by atoms with E-state index in [1.54, 1.807) is 0 Å². The molecule has 0 aliphatic carbocycles. The molecule has 16 heteroatoms. The molecule has 0 heterocycles. The first kappa shape index (κ1) is 26.3. The lowest BCUT2D eigenvalue weighted by Crippen LogP contribution is -2.70. The fraction of sp³-hybridized carbons (Fsp3) is 0.909. The molecule has 0 saturated carbocycles. The Labute approximate surface area is 155 Å². The summed E-state index contributed by atoms with van der Waals surface area (Å²) in [5.41, 5.74) is 0. The number of hydrogen-bond acceptors (Lipinski definition) is 2. The largest absolute Gasteiger partial charge is 0.468 e. The topological polar surface area (TPSA) is 26.3 Å². The molecule has 0 fully saturated rings. The Kier molecular flexibility index (Phi) is 6.78. The van der Waals surface area contributed by atoms with Gasteiger partial charge in [-0.25, -0.2) is 0 Å². The lowest BCUT2D eigenvalue weighted by molar-refractivity contribution is -0.440. The van der Waals surface area contributed by atoms with Crippen LogP contribution in [0.25, 0.3) is 0 Å². The van der Waals surface area contributed by atoms with Gasteiger partial charge in [-0.1, -0.05) is 22.6 Å². The fourth-order valence-electron chi connectivity index (χ4n) is 1.61. The molecule has 2 nitrogen and oxygen atoms in total. The lowest BCUT2D eigenvalue weighted by Gasteiger charge is -2.40. The molecule has 1 unspecified atom stereocenters. The summed E-state index contributed by atoms with van der Waals surface area (Å²) in [7, 11) is 0.558. The van der Waals surface area contributed by atoms with Crippen molar-refractivity contribution in [3.8, 4) is 0 Å². The molecule has 0 aromatic rings. The van der Waals surface area contributed by atoms with E-state index in [0.29, 0.717) is 36.6 Å². The summed E-state index contributed by atoms with van der Waals surface area (Å²) in [6.07, 6.45) is -10.1. The molecule has 0 aliphatic rings. The van der Waals surface area contributed by atoms with Gasteiger partial charge in [0.15, 0.2) is 0 Å². The minimum absolute atomic E-state index is 0.421. The van der Waals surface area contributed by atoms with Crippen LogP contribution in [0.5, 0.6) is 0 Å². The quantitative estimate of drug-likeness (QED) is 0.183. The average molecular weight is 546 g/mol. The van der Waals surface area contributed by atoms with Crippen LogP contribution in [0, 0.1) is 0 Å². The molecule has 0 bridgehead atoms. The highest BCUT2D eigenvalue weighted by molar-refractivity contribution is 14.1. The van der Waals surface area contributed by atoms with E-state index < -0.39 is 51.6 Å². The number of ether oxygens (including phenoxy) is 1. The molecule has 162 valence electrons. The van der Waals surface area contributed by atoms with Crippen LogP contribution in [0.15, 0.2) is 0 Å². The highest BCUT2D eigenvalue weighted by Crippen LogP contribution is 2.61. The molecule has 0 spiro atoms. The van der Waals surface area contributed by atoms with E-state index in [4.69, 9.17) is 0 Å². The molecule has 0 rings (SSSR count). The second kappa shape index (κ2) is 6.96. The van der Waals surface area contributed by atoms with Gasteiger partial charge >= 0.3 is 41.8 Å². The molecule has 0 aliphatic heterocycles. The highest BCUT2D eigenvalue weighted by atomic mass is 127. The molecular formula is C11H8F13IO2. The first-order valence-corrected chi connectivity index (χ1v) is 7.25. The van der Waals surface area contributed by atoms with Gasteiger partial charge in [0.1, 0.15) is 3.42 Å². The van der Waals surface area contributed by atoms with Crippen LogP contribution in [0.4, 0.5) is 57.1 Å². The Morgan fingerprint density at radius 2 is 1.07 bits per heavy atom. The zero-order valence-corrected chi connectivity index (χ0v) is 15.0. The number of hydrogen-bond donors (Lipinski definition) is 0. The first-order valence-electron chi connectivity index (χ1n) is 6.17. The SMILES string of the molecule is COC(=O)C(C)(I)CC(F)(F)C(F)(F)C(F)(F)C(F)(F)C(F)(F)C(F)(F)F. The average Bonchev–Trinajstić information content (AvgIpc) is 2.42. The molecule has 27 heavy (non-hydrogen) atoms. The summed E-state index contributed by atoms with van der Waals surface area (Å²) in [5, 5.41) is 0. The zero-order chi connectivity index (χ0) is 22.5. The van der Waals surface area contributed by atoms with Crippen molar-refractivity contribution in [3.63, 3.8) is 0 Å². The molecule has 0 amide bonds. The van der Waals surface area contributed by atoms with Crippen molar-refractivity contribution in [3.05, 3.63) is 0 Å². The number of carbonyl (C=O) groups is 1. The Hall–Kier alpha value is -0.710. The van der Waals surface area contributed by atoms with E-state index in [9.17, 15) is 61.9 Å². The van der Waals surface area contributed by atoms with Crippen LogP contribution in [0.1, 0.15) is 13.3 Å². The van der Waals surface area contributed by atoms with E-state index in [0.717, 1.165) is 0 Å². The summed E-state index contributed by atoms with van der Waals surface area (Å²) in [6, 6.07) is 0.